The fraction of sp³-hybridized carbons (Fsp3) is 0.786. The number of carbonyl (C=O) groups is 1. The van der Waals surface area contributed by atoms with Gasteiger partial charge in [0.15, 0.2) is 0 Å². The lowest BCUT2D eigenvalue weighted by Gasteiger charge is -2.40. The Balaban J connectivity index is 6.76. The number of halogens is 13. The molecule has 0 N–H and O–H groups in total. The second-order valence-corrected chi connectivity index (χ2v) is 7.98. The third-order valence-corrected chi connectivity index (χ3v) is 5.67. The molecule has 0 aromatic heterocycles. The van der Waals surface area contributed by atoms with Crippen LogP contribution in [0.3, 0.4) is 0 Å². The summed E-state index contributed by atoms with van der Waals surface area (Å²) in [6, 6.07) is 0. The number of ether oxygens (including phenoxy) is 1. The van der Waals surface area contributed by atoms with E-state index in [1.54, 1.807) is 0 Å². The SMILES string of the molecule is CCOC(=O)C(C)=CN(CC)S(=O)(=O)C(F)(F)C(F)(F)C(F)(F)C(F)(F)C(F)(F)C(F)(F)F. The number of esters is 1. The van der Waals surface area contributed by atoms with Gasteiger partial charge in [-0.05, 0) is 20.8 Å². The normalized spacial score (nSPS) is 15.5. The van der Waals surface area contributed by atoms with Crippen molar-refractivity contribution in [2.45, 2.75) is 55.9 Å². The molecule has 0 aliphatic carbocycles. The molecule has 19 heteroatoms. The minimum atomic E-state index is -8.27. The molecule has 0 fully saturated rings. The second-order valence-electron chi connectivity index (χ2n) is 6.05. The van der Waals surface area contributed by atoms with Crippen molar-refractivity contribution in [3.05, 3.63) is 11.8 Å². The molecule has 0 unspecified atom stereocenters. The van der Waals surface area contributed by atoms with Gasteiger partial charge in [-0.15, -0.1) is 0 Å². The molecule has 0 saturated carbocycles. The number of hydrogen-bond acceptors (Lipinski definition) is 4. The van der Waals surface area contributed by atoms with Crippen LogP contribution in [0.2, 0.25) is 0 Å². The van der Waals surface area contributed by atoms with Gasteiger partial charge in [0.05, 0.1) is 12.2 Å². The summed E-state index contributed by atoms with van der Waals surface area (Å²) in [4.78, 5) is 11.4. The minimum absolute atomic E-state index is 0.155. The average Bonchev–Trinajstić information content (AvgIpc) is 2.63. The third kappa shape index (κ3) is 4.68. The molecule has 196 valence electrons. The highest BCUT2D eigenvalue weighted by Crippen LogP contribution is 2.61. The van der Waals surface area contributed by atoms with E-state index in [0.29, 0.717) is 13.8 Å². The first-order valence-electron chi connectivity index (χ1n) is 8.15. The topological polar surface area (TPSA) is 63.7 Å². The molecule has 0 amide bonds. The van der Waals surface area contributed by atoms with Gasteiger partial charge in [-0.1, -0.05) is 0 Å². The zero-order chi connectivity index (χ0) is 27.1. The van der Waals surface area contributed by atoms with E-state index in [2.05, 4.69) is 4.74 Å². The Bertz CT molecular complexity index is 865. The Labute approximate surface area is 177 Å². The molecule has 0 bridgehead atoms. The van der Waals surface area contributed by atoms with Gasteiger partial charge in [0.2, 0.25) is 0 Å². The number of rotatable bonds is 10. The van der Waals surface area contributed by atoms with Crippen LogP contribution in [0.15, 0.2) is 11.8 Å². The van der Waals surface area contributed by atoms with Crippen LogP contribution in [0.4, 0.5) is 57.1 Å². The molecule has 0 heterocycles. The highest BCUT2D eigenvalue weighted by Gasteiger charge is 2.92. The van der Waals surface area contributed by atoms with Crippen LogP contribution in [-0.4, -0.2) is 67.0 Å². The van der Waals surface area contributed by atoms with E-state index in [9.17, 15) is 70.3 Å². The van der Waals surface area contributed by atoms with Gasteiger partial charge in [0.25, 0.3) is 0 Å². The highest BCUT2D eigenvalue weighted by molar-refractivity contribution is 7.90. The van der Waals surface area contributed by atoms with E-state index in [1.807, 2.05) is 0 Å². The molecule has 0 atom stereocenters. The van der Waals surface area contributed by atoms with Gasteiger partial charge in [0.1, 0.15) is 0 Å². The molecule has 0 aromatic carbocycles. The Hall–Kier alpha value is -1.95. The van der Waals surface area contributed by atoms with Crippen LogP contribution in [0.25, 0.3) is 0 Å². The minimum Gasteiger partial charge on any atom is -0.463 e. The molecular formula is C14H14F13NO4S. The van der Waals surface area contributed by atoms with Gasteiger partial charge in [-0.3, -0.25) is 4.31 Å². The van der Waals surface area contributed by atoms with Crippen molar-refractivity contribution in [2.24, 2.45) is 0 Å². The van der Waals surface area contributed by atoms with Gasteiger partial charge in [0, 0.05) is 12.7 Å². The van der Waals surface area contributed by atoms with Crippen LogP contribution >= 0.6 is 0 Å². The summed E-state index contributed by atoms with van der Waals surface area (Å²) in [5.74, 6) is -34.0. The summed E-state index contributed by atoms with van der Waals surface area (Å²) < 4.78 is 198. The lowest BCUT2D eigenvalue weighted by atomic mass is 9.98. The van der Waals surface area contributed by atoms with E-state index < -0.39 is 67.5 Å². The highest BCUT2D eigenvalue weighted by atomic mass is 32.2. The average molecular weight is 539 g/mol. The molecular weight excluding hydrogens is 525 g/mol. The maximum absolute atomic E-state index is 14.1. The van der Waals surface area contributed by atoms with E-state index in [4.69, 9.17) is 0 Å². The molecule has 0 aromatic rings. The van der Waals surface area contributed by atoms with Crippen molar-refractivity contribution in [3.8, 4) is 0 Å². The van der Waals surface area contributed by atoms with Crippen LogP contribution < -0.4 is 0 Å². The predicted molar refractivity (Wildman–Crippen MR) is 82.5 cm³/mol. The summed E-state index contributed by atoms with van der Waals surface area (Å²) in [6.45, 7) is 0.773. The smallest absolute Gasteiger partial charge is 0.460 e. The Morgan fingerprint density at radius 1 is 0.788 bits per heavy atom. The molecule has 0 aliphatic heterocycles. The lowest BCUT2D eigenvalue weighted by molar-refractivity contribution is -0.433. The van der Waals surface area contributed by atoms with Gasteiger partial charge in [-0.25, -0.2) is 4.79 Å². The molecule has 0 saturated heterocycles. The second kappa shape index (κ2) is 9.01. The first-order valence-corrected chi connectivity index (χ1v) is 9.59. The van der Waals surface area contributed by atoms with Gasteiger partial charge >= 0.3 is 51.1 Å². The summed E-state index contributed by atoms with van der Waals surface area (Å²) in [5, 5.41) is -7.39. The molecule has 0 aliphatic rings. The summed E-state index contributed by atoms with van der Waals surface area (Å²) >= 11 is 0. The van der Waals surface area contributed by atoms with Crippen molar-refractivity contribution in [2.75, 3.05) is 13.2 Å². The molecule has 0 rings (SSSR count). The number of carbonyl (C=O) groups excluding carboxylic acids is 1. The number of nitrogens with zero attached hydrogens (tertiary/aromatic N) is 1. The molecule has 5 nitrogen and oxygen atoms in total. The molecule has 0 spiro atoms. The van der Waals surface area contributed by atoms with Crippen molar-refractivity contribution < 1.29 is 75.0 Å². The first-order chi connectivity index (χ1) is 14.3. The third-order valence-electron chi connectivity index (χ3n) is 3.78. The molecule has 33 heavy (non-hydrogen) atoms. The van der Waals surface area contributed by atoms with Crippen LogP contribution in [0.1, 0.15) is 20.8 Å². The maximum Gasteiger partial charge on any atom is 0.460 e. The zero-order valence-corrected chi connectivity index (χ0v) is 17.2. The first kappa shape index (κ1) is 31.0. The largest absolute Gasteiger partial charge is 0.463 e. The molecule has 0 radical (unpaired) electrons. The Morgan fingerprint density at radius 3 is 1.52 bits per heavy atom. The zero-order valence-electron chi connectivity index (χ0n) is 16.4. The van der Waals surface area contributed by atoms with Crippen molar-refractivity contribution >= 4 is 16.0 Å². The van der Waals surface area contributed by atoms with Crippen LogP contribution in [-0.2, 0) is 19.6 Å². The van der Waals surface area contributed by atoms with Crippen molar-refractivity contribution in [1.29, 1.82) is 0 Å². The number of alkyl halides is 13. The quantitative estimate of drug-likeness (QED) is 0.227. The predicted octanol–water partition coefficient (Wildman–Crippen LogP) is 4.80. The van der Waals surface area contributed by atoms with Crippen molar-refractivity contribution in [1.82, 2.24) is 4.31 Å². The lowest BCUT2D eigenvalue weighted by Crippen LogP contribution is -2.71. The van der Waals surface area contributed by atoms with Crippen LogP contribution in [0.5, 0.6) is 0 Å². The fourth-order valence-corrected chi connectivity index (χ4v) is 3.29. The number of hydrogen-bond donors (Lipinski definition) is 0. The van der Waals surface area contributed by atoms with E-state index in [1.165, 1.54) is 6.92 Å². The Kier molecular flexibility index (Phi) is 8.48. The van der Waals surface area contributed by atoms with Gasteiger partial charge in [-0.2, -0.15) is 65.5 Å². The van der Waals surface area contributed by atoms with E-state index in [0.717, 1.165) is 0 Å². The fourth-order valence-electron chi connectivity index (χ4n) is 1.91. The summed E-state index contributed by atoms with van der Waals surface area (Å²) in [7, 11) is -7.25. The summed E-state index contributed by atoms with van der Waals surface area (Å²) in [5.41, 5.74) is -0.915. The summed E-state index contributed by atoms with van der Waals surface area (Å²) in [6.07, 6.45) is -7.78. The Morgan fingerprint density at radius 2 is 1.18 bits per heavy atom. The number of sulfonamides is 1. The van der Waals surface area contributed by atoms with Crippen LogP contribution in [0, 0.1) is 0 Å². The standard InChI is InChI=1S/C14H14F13NO4S/c1-4-28(6-7(3)8(29)32-5-2)33(30,31)14(26,27)12(21,22)10(17,18)9(15,16)11(19,20)13(23,24)25/h6H,4-5H2,1-3H3. The van der Waals surface area contributed by atoms with Gasteiger partial charge < -0.3 is 4.74 Å². The van der Waals surface area contributed by atoms with E-state index in [-0.39, 0.29) is 12.8 Å². The van der Waals surface area contributed by atoms with E-state index >= 15 is 0 Å². The maximum atomic E-state index is 14.1. The van der Waals surface area contributed by atoms with Crippen molar-refractivity contribution in [3.63, 3.8) is 0 Å². The monoisotopic (exact) mass is 539 g/mol.